The van der Waals surface area contributed by atoms with Gasteiger partial charge < -0.3 is 5.32 Å². The van der Waals surface area contributed by atoms with Gasteiger partial charge in [0, 0.05) is 11.6 Å². The molecule has 162 valence electrons. The van der Waals surface area contributed by atoms with E-state index in [1.165, 1.54) is 16.4 Å². The van der Waals surface area contributed by atoms with Crippen molar-refractivity contribution >= 4 is 27.3 Å². The average Bonchev–Trinajstić information content (AvgIpc) is 2.70. The Kier molecular flexibility index (Phi) is 6.40. The molecule has 1 N–H and O–H groups in total. The van der Waals surface area contributed by atoms with Gasteiger partial charge in [-0.15, -0.1) is 0 Å². The summed E-state index contributed by atoms with van der Waals surface area (Å²) in [7, 11) is -3.54. The van der Waals surface area contributed by atoms with Gasteiger partial charge in [0.2, 0.25) is 10.0 Å². The summed E-state index contributed by atoms with van der Waals surface area (Å²) in [6, 6.07) is 14.6. The number of anilines is 2. The first-order valence-corrected chi connectivity index (χ1v) is 11.3. The van der Waals surface area contributed by atoms with Crippen LogP contribution < -0.4 is 9.62 Å². The van der Waals surface area contributed by atoms with Crippen LogP contribution in [0.5, 0.6) is 0 Å². The van der Waals surface area contributed by atoms with E-state index in [9.17, 15) is 22.0 Å². The van der Waals surface area contributed by atoms with Gasteiger partial charge in [0.25, 0.3) is 5.91 Å². The molecular formula is C23H22F2N2O3S. The van der Waals surface area contributed by atoms with E-state index >= 15 is 0 Å². The summed E-state index contributed by atoms with van der Waals surface area (Å²) in [5, 5.41) is 2.39. The first-order valence-electron chi connectivity index (χ1n) is 9.45. The zero-order valence-electron chi connectivity index (χ0n) is 17.3. The molecule has 0 fully saturated rings. The number of carbonyl (C=O) groups excluding carboxylic acids is 1. The van der Waals surface area contributed by atoms with Crippen LogP contribution in [-0.2, 0) is 16.6 Å². The van der Waals surface area contributed by atoms with Crippen LogP contribution in [-0.4, -0.2) is 20.6 Å². The van der Waals surface area contributed by atoms with Crippen LogP contribution >= 0.6 is 0 Å². The zero-order chi connectivity index (χ0) is 22.8. The molecule has 0 atom stereocenters. The SMILES string of the molecule is Cc1ccc(N(Cc2ccc(C(=O)Nc3ccc(F)cc3F)cc2)S(C)(=O)=O)cc1C. The van der Waals surface area contributed by atoms with Gasteiger partial charge in [0.1, 0.15) is 11.6 Å². The number of nitrogens with one attached hydrogen (secondary N) is 1. The van der Waals surface area contributed by atoms with E-state index in [1.807, 2.05) is 26.0 Å². The van der Waals surface area contributed by atoms with Gasteiger partial charge in [-0.05, 0) is 66.9 Å². The number of aryl methyl sites for hydroxylation is 2. The molecule has 1 amide bonds. The molecule has 0 aliphatic carbocycles. The molecule has 0 aliphatic rings. The maximum Gasteiger partial charge on any atom is 0.255 e. The molecule has 3 aromatic carbocycles. The van der Waals surface area contributed by atoms with Crippen molar-refractivity contribution in [3.05, 3.63) is 94.6 Å². The predicted molar refractivity (Wildman–Crippen MR) is 118 cm³/mol. The van der Waals surface area contributed by atoms with Crippen LogP contribution in [0.25, 0.3) is 0 Å². The normalized spacial score (nSPS) is 11.3. The van der Waals surface area contributed by atoms with Crippen LogP contribution in [0.4, 0.5) is 20.2 Å². The Morgan fingerprint density at radius 3 is 2.19 bits per heavy atom. The van der Waals surface area contributed by atoms with E-state index < -0.39 is 27.6 Å². The Balaban J connectivity index is 1.79. The molecular weight excluding hydrogens is 422 g/mol. The maximum absolute atomic E-state index is 13.7. The number of sulfonamides is 1. The monoisotopic (exact) mass is 444 g/mol. The van der Waals surface area contributed by atoms with E-state index in [-0.39, 0.29) is 17.8 Å². The highest BCUT2D eigenvalue weighted by atomic mass is 32.2. The van der Waals surface area contributed by atoms with Gasteiger partial charge in [0.15, 0.2) is 0 Å². The number of amides is 1. The van der Waals surface area contributed by atoms with E-state index in [0.29, 0.717) is 17.3 Å². The lowest BCUT2D eigenvalue weighted by Crippen LogP contribution is -2.29. The summed E-state index contributed by atoms with van der Waals surface area (Å²) in [6.45, 7) is 3.96. The average molecular weight is 445 g/mol. The van der Waals surface area contributed by atoms with E-state index in [4.69, 9.17) is 0 Å². The highest BCUT2D eigenvalue weighted by molar-refractivity contribution is 7.92. The lowest BCUT2D eigenvalue weighted by molar-refractivity contribution is 0.102. The first kappa shape index (κ1) is 22.4. The fraction of sp³-hybridized carbons (Fsp3) is 0.174. The fourth-order valence-electron chi connectivity index (χ4n) is 2.99. The summed E-state index contributed by atoms with van der Waals surface area (Å²) >= 11 is 0. The maximum atomic E-state index is 13.7. The van der Waals surface area contributed by atoms with Crippen molar-refractivity contribution in [1.82, 2.24) is 0 Å². The first-order chi connectivity index (χ1) is 14.5. The molecule has 8 heteroatoms. The number of benzene rings is 3. The fourth-order valence-corrected chi connectivity index (χ4v) is 3.87. The third kappa shape index (κ3) is 5.46. The minimum atomic E-state index is -3.54. The smallest absolute Gasteiger partial charge is 0.255 e. The van der Waals surface area contributed by atoms with Crippen LogP contribution in [0, 0.1) is 25.5 Å². The highest BCUT2D eigenvalue weighted by Gasteiger charge is 2.19. The number of nitrogens with zero attached hydrogens (tertiary/aromatic N) is 1. The number of hydrogen-bond acceptors (Lipinski definition) is 3. The van der Waals surface area contributed by atoms with Gasteiger partial charge >= 0.3 is 0 Å². The highest BCUT2D eigenvalue weighted by Crippen LogP contribution is 2.24. The molecule has 3 rings (SSSR count). The third-order valence-electron chi connectivity index (χ3n) is 4.90. The Hall–Kier alpha value is -3.26. The quantitative estimate of drug-likeness (QED) is 0.594. The number of hydrogen-bond donors (Lipinski definition) is 1. The van der Waals surface area contributed by atoms with Crippen molar-refractivity contribution in [2.75, 3.05) is 15.9 Å². The molecule has 3 aromatic rings. The van der Waals surface area contributed by atoms with Crippen LogP contribution in [0.1, 0.15) is 27.0 Å². The Morgan fingerprint density at radius 2 is 1.61 bits per heavy atom. The van der Waals surface area contributed by atoms with Crippen molar-refractivity contribution in [3.8, 4) is 0 Å². The van der Waals surface area contributed by atoms with E-state index in [0.717, 1.165) is 29.5 Å². The molecule has 5 nitrogen and oxygen atoms in total. The van der Waals surface area contributed by atoms with Gasteiger partial charge in [-0.3, -0.25) is 9.10 Å². The van der Waals surface area contributed by atoms with Gasteiger partial charge in [-0.25, -0.2) is 17.2 Å². The van der Waals surface area contributed by atoms with Gasteiger partial charge in [0.05, 0.1) is 24.2 Å². The molecule has 0 aromatic heterocycles. The van der Waals surface area contributed by atoms with Crippen molar-refractivity contribution in [3.63, 3.8) is 0 Å². The predicted octanol–water partition coefficient (Wildman–Crippen LogP) is 4.80. The van der Waals surface area contributed by atoms with Gasteiger partial charge in [-0.2, -0.15) is 0 Å². The molecule has 0 heterocycles. The number of halogens is 2. The number of carbonyl (C=O) groups is 1. The third-order valence-corrected chi connectivity index (χ3v) is 6.04. The van der Waals surface area contributed by atoms with E-state index in [2.05, 4.69) is 5.32 Å². The van der Waals surface area contributed by atoms with Crippen molar-refractivity contribution in [2.45, 2.75) is 20.4 Å². The number of rotatable bonds is 6. The van der Waals surface area contributed by atoms with Crippen molar-refractivity contribution in [1.29, 1.82) is 0 Å². The second-order valence-corrected chi connectivity index (χ2v) is 9.22. The zero-order valence-corrected chi connectivity index (χ0v) is 18.1. The lowest BCUT2D eigenvalue weighted by atomic mass is 10.1. The molecule has 0 unspecified atom stereocenters. The van der Waals surface area contributed by atoms with E-state index in [1.54, 1.807) is 18.2 Å². The molecule has 0 aliphatic heterocycles. The molecule has 0 spiro atoms. The Morgan fingerprint density at radius 1 is 0.935 bits per heavy atom. The summed E-state index contributed by atoms with van der Waals surface area (Å²) < 4.78 is 52.8. The summed E-state index contributed by atoms with van der Waals surface area (Å²) in [6.07, 6.45) is 1.14. The summed E-state index contributed by atoms with van der Waals surface area (Å²) in [5.74, 6) is -2.17. The Bertz CT molecular complexity index is 1230. The minimum absolute atomic E-state index is 0.0931. The molecule has 0 saturated heterocycles. The lowest BCUT2D eigenvalue weighted by Gasteiger charge is -2.23. The van der Waals surface area contributed by atoms with Crippen LogP contribution in [0.15, 0.2) is 60.7 Å². The van der Waals surface area contributed by atoms with Crippen molar-refractivity contribution < 1.29 is 22.0 Å². The molecule has 0 saturated carbocycles. The topological polar surface area (TPSA) is 66.5 Å². The molecule has 0 radical (unpaired) electrons. The summed E-state index contributed by atoms with van der Waals surface area (Å²) in [4.78, 5) is 12.4. The molecule has 31 heavy (non-hydrogen) atoms. The largest absolute Gasteiger partial charge is 0.319 e. The second kappa shape index (κ2) is 8.85. The minimum Gasteiger partial charge on any atom is -0.319 e. The standard InChI is InChI=1S/C23H22F2N2O3S/c1-15-4-10-20(12-16(15)2)27(31(3,29)30)14-17-5-7-18(8-6-17)23(28)26-22-11-9-19(24)13-21(22)25/h4-13H,14H2,1-3H3,(H,26,28). The molecule has 0 bridgehead atoms. The van der Waals surface area contributed by atoms with Crippen molar-refractivity contribution in [2.24, 2.45) is 0 Å². The van der Waals surface area contributed by atoms with Crippen LogP contribution in [0.2, 0.25) is 0 Å². The van der Waals surface area contributed by atoms with Crippen LogP contribution in [0.3, 0.4) is 0 Å². The summed E-state index contributed by atoms with van der Waals surface area (Å²) in [5.41, 5.74) is 3.39. The second-order valence-electron chi connectivity index (χ2n) is 7.31. The Labute approximate surface area is 180 Å². The van der Waals surface area contributed by atoms with Gasteiger partial charge in [-0.1, -0.05) is 18.2 Å².